The first-order valence-corrected chi connectivity index (χ1v) is 16.1. The van der Waals surface area contributed by atoms with E-state index in [9.17, 15) is 0 Å². The first kappa shape index (κ1) is 28.3. The Bertz CT molecular complexity index is 1560. The summed E-state index contributed by atoms with van der Waals surface area (Å²) in [7, 11) is 3.48. The number of methoxy groups -OCH3 is 2. The SMILES string of the molecule is COC(OC)C1CCN(c2ccc(C3=C(c4ccccc4)CCCc4c3ccc3c4cnn3C3CCCCO3)cc2)CC1. The molecule has 1 unspecified atom stereocenters. The largest absolute Gasteiger partial charge is 0.372 e. The van der Waals surface area contributed by atoms with Crippen molar-refractivity contribution < 1.29 is 14.2 Å². The van der Waals surface area contributed by atoms with Crippen LogP contribution in [0.15, 0.2) is 72.9 Å². The number of hydrogen-bond donors (Lipinski definition) is 0. The van der Waals surface area contributed by atoms with Crippen LogP contribution in [0.25, 0.3) is 22.0 Å². The minimum Gasteiger partial charge on any atom is -0.372 e. The lowest BCUT2D eigenvalue weighted by atomic mass is 9.87. The van der Waals surface area contributed by atoms with Crippen LogP contribution in [-0.4, -0.2) is 50.0 Å². The molecule has 3 aromatic carbocycles. The molecule has 6 nitrogen and oxygen atoms in total. The molecule has 1 aromatic heterocycles. The fraction of sp³-hybridized carbons (Fsp3) is 0.432. The zero-order chi connectivity index (χ0) is 29.2. The van der Waals surface area contributed by atoms with Gasteiger partial charge in [-0.25, -0.2) is 4.68 Å². The molecule has 2 saturated heterocycles. The van der Waals surface area contributed by atoms with Gasteiger partial charge in [0.2, 0.25) is 0 Å². The number of anilines is 1. The molecule has 3 heterocycles. The number of allylic oxidation sites excluding steroid dienone is 1. The molecule has 0 amide bonds. The average molecular weight is 578 g/mol. The monoisotopic (exact) mass is 577 g/mol. The van der Waals surface area contributed by atoms with Crippen LogP contribution in [0.2, 0.25) is 0 Å². The zero-order valence-electron chi connectivity index (χ0n) is 25.5. The number of piperidine rings is 1. The Morgan fingerprint density at radius 1 is 0.814 bits per heavy atom. The van der Waals surface area contributed by atoms with Crippen LogP contribution in [0.3, 0.4) is 0 Å². The third-order valence-corrected chi connectivity index (χ3v) is 9.78. The van der Waals surface area contributed by atoms with Gasteiger partial charge in [0.1, 0.15) is 0 Å². The molecule has 0 saturated carbocycles. The maximum Gasteiger partial charge on any atom is 0.159 e. The second-order valence-corrected chi connectivity index (χ2v) is 12.2. The maximum absolute atomic E-state index is 6.13. The summed E-state index contributed by atoms with van der Waals surface area (Å²) in [5.41, 5.74) is 10.6. The molecule has 1 atom stereocenters. The molecule has 0 N–H and O–H groups in total. The Balaban J connectivity index is 1.26. The minimum absolute atomic E-state index is 0.0393. The highest BCUT2D eigenvalue weighted by atomic mass is 16.7. The van der Waals surface area contributed by atoms with Crippen LogP contribution in [0, 0.1) is 5.92 Å². The van der Waals surface area contributed by atoms with Crippen molar-refractivity contribution in [3.05, 3.63) is 95.2 Å². The number of aryl methyl sites for hydroxylation is 1. The van der Waals surface area contributed by atoms with Gasteiger partial charge >= 0.3 is 0 Å². The van der Waals surface area contributed by atoms with Crippen molar-refractivity contribution in [3.8, 4) is 0 Å². The molecular weight excluding hydrogens is 534 g/mol. The van der Waals surface area contributed by atoms with Crippen molar-refractivity contribution in [3.63, 3.8) is 0 Å². The zero-order valence-corrected chi connectivity index (χ0v) is 25.5. The second kappa shape index (κ2) is 12.7. The van der Waals surface area contributed by atoms with Gasteiger partial charge in [0.15, 0.2) is 12.5 Å². The molecule has 2 fully saturated rings. The van der Waals surface area contributed by atoms with E-state index in [1.54, 1.807) is 14.2 Å². The quantitative estimate of drug-likeness (QED) is 0.209. The van der Waals surface area contributed by atoms with Crippen molar-refractivity contribution in [2.45, 2.75) is 63.9 Å². The van der Waals surface area contributed by atoms with Crippen molar-refractivity contribution in [2.75, 3.05) is 38.8 Å². The Labute approximate surface area is 255 Å². The number of hydrogen-bond acceptors (Lipinski definition) is 5. The molecule has 4 aromatic rings. The standard InChI is InChI=1S/C37H43N3O3/c1-41-37(42-2)28-20-22-39(23-21-28)29-16-14-27(15-17-29)36-30(26-9-4-3-5-10-26)11-8-12-31-32(36)18-19-34-33(31)25-38-40(34)35-13-6-7-24-43-35/h3-5,9-10,14-19,25,28,35,37H,6-8,11-13,20-24H2,1-2H3. The predicted octanol–water partition coefficient (Wildman–Crippen LogP) is 7.87. The second-order valence-electron chi connectivity index (χ2n) is 12.2. The highest BCUT2D eigenvalue weighted by Gasteiger charge is 2.28. The van der Waals surface area contributed by atoms with Gasteiger partial charge in [-0.15, -0.1) is 0 Å². The van der Waals surface area contributed by atoms with Crippen molar-refractivity contribution in [2.24, 2.45) is 5.92 Å². The number of benzene rings is 3. The van der Waals surface area contributed by atoms with Gasteiger partial charge in [-0.2, -0.15) is 5.10 Å². The topological polar surface area (TPSA) is 48.8 Å². The normalized spacial score (nSPS) is 20.1. The van der Waals surface area contributed by atoms with E-state index >= 15 is 0 Å². The minimum atomic E-state index is -0.114. The van der Waals surface area contributed by atoms with E-state index in [4.69, 9.17) is 19.3 Å². The van der Waals surface area contributed by atoms with Gasteiger partial charge in [-0.05, 0) is 103 Å². The smallest absolute Gasteiger partial charge is 0.159 e. The van der Waals surface area contributed by atoms with Crippen LogP contribution >= 0.6 is 0 Å². The number of fused-ring (bicyclic) bond motifs is 3. The van der Waals surface area contributed by atoms with E-state index in [2.05, 4.69) is 82.5 Å². The molecule has 0 radical (unpaired) electrons. The Hall–Kier alpha value is -3.45. The van der Waals surface area contributed by atoms with E-state index in [1.807, 2.05) is 0 Å². The Morgan fingerprint density at radius 2 is 1.60 bits per heavy atom. The molecule has 7 rings (SSSR count). The average Bonchev–Trinajstić information content (AvgIpc) is 3.41. The van der Waals surface area contributed by atoms with Gasteiger partial charge in [0, 0.05) is 50.9 Å². The van der Waals surface area contributed by atoms with E-state index < -0.39 is 0 Å². The van der Waals surface area contributed by atoms with Crippen LogP contribution in [-0.2, 0) is 20.6 Å². The third kappa shape index (κ3) is 5.52. The predicted molar refractivity (Wildman–Crippen MR) is 173 cm³/mol. The van der Waals surface area contributed by atoms with Gasteiger partial charge in [-0.1, -0.05) is 48.5 Å². The first-order valence-electron chi connectivity index (χ1n) is 16.1. The first-order chi connectivity index (χ1) is 21.2. The molecular formula is C37H43N3O3. The van der Waals surface area contributed by atoms with Crippen LogP contribution in [0.5, 0.6) is 0 Å². The van der Waals surface area contributed by atoms with Gasteiger partial charge in [-0.3, -0.25) is 0 Å². The van der Waals surface area contributed by atoms with Crippen molar-refractivity contribution in [1.29, 1.82) is 0 Å². The third-order valence-electron chi connectivity index (χ3n) is 9.78. The Kier molecular flexibility index (Phi) is 8.33. The molecule has 0 bridgehead atoms. The van der Waals surface area contributed by atoms with E-state index in [1.165, 1.54) is 56.4 Å². The van der Waals surface area contributed by atoms with Crippen molar-refractivity contribution >= 4 is 27.7 Å². The fourth-order valence-electron chi connectivity index (χ4n) is 7.57. The molecule has 0 spiro atoms. The summed E-state index contributed by atoms with van der Waals surface area (Å²) in [6.45, 7) is 2.85. The molecule has 1 aliphatic carbocycles. The summed E-state index contributed by atoms with van der Waals surface area (Å²) in [6, 6.07) is 24.9. The number of ether oxygens (including phenoxy) is 3. The van der Waals surface area contributed by atoms with Gasteiger partial charge in [0.25, 0.3) is 0 Å². The number of nitrogens with zero attached hydrogens (tertiary/aromatic N) is 3. The molecule has 43 heavy (non-hydrogen) atoms. The van der Waals surface area contributed by atoms with Crippen LogP contribution in [0.1, 0.15) is 73.4 Å². The van der Waals surface area contributed by atoms with E-state index in [0.717, 1.165) is 64.6 Å². The van der Waals surface area contributed by atoms with Crippen LogP contribution in [0.4, 0.5) is 5.69 Å². The summed E-state index contributed by atoms with van der Waals surface area (Å²) < 4.78 is 19.4. The van der Waals surface area contributed by atoms with E-state index in [0.29, 0.717) is 5.92 Å². The highest BCUT2D eigenvalue weighted by Crippen LogP contribution is 2.43. The lowest BCUT2D eigenvalue weighted by molar-refractivity contribution is -0.141. The summed E-state index contributed by atoms with van der Waals surface area (Å²) in [4.78, 5) is 2.50. The summed E-state index contributed by atoms with van der Waals surface area (Å²) in [6.07, 6.45) is 10.7. The molecule has 224 valence electrons. The summed E-state index contributed by atoms with van der Waals surface area (Å²) in [5.74, 6) is 0.442. The van der Waals surface area contributed by atoms with E-state index in [-0.39, 0.29) is 12.5 Å². The molecule has 2 aliphatic heterocycles. The summed E-state index contributed by atoms with van der Waals surface area (Å²) >= 11 is 0. The Morgan fingerprint density at radius 3 is 2.33 bits per heavy atom. The lowest BCUT2D eigenvalue weighted by Gasteiger charge is -2.36. The summed E-state index contributed by atoms with van der Waals surface area (Å²) in [5, 5.41) is 6.14. The lowest BCUT2D eigenvalue weighted by Crippen LogP contribution is -2.39. The fourth-order valence-corrected chi connectivity index (χ4v) is 7.57. The van der Waals surface area contributed by atoms with Gasteiger partial charge < -0.3 is 19.1 Å². The van der Waals surface area contributed by atoms with Crippen molar-refractivity contribution in [1.82, 2.24) is 9.78 Å². The number of aromatic nitrogens is 2. The van der Waals surface area contributed by atoms with Crippen LogP contribution < -0.4 is 4.90 Å². The van der Waals surface area contributed by atoms with Gasteiger partial charge in [0.05, 0.1) is 11.7 Å². The number of rotatable bonds is 7. The highest BCUT2D eigenvalue weighted by molar-refractivity contribution is 6.02. The molecule has 3 aliphatic rings. The molecule has 6 heteroatoms. The maximum atomic E-state index is 6.13.